The third-order valence-electron chi connectivity index (χ3n) is 4.30. The van der Waals surface area contributed by atoms with Crippen LogP contribution in [0.1, 0.15) is 64.7 Å². The molecule has 2 N–H and O–H groups in total. The predicted molar refractivity (Wildman–Crippen MR) is 70.0 cm³/mol. The fraction of sp³-hybridized carbons (Fsp3) is 0.929. The maximum Gasteiger partial charge on any atom is 0.315 e. The summed E-state index contributed by atoms with van der Waals surface area (Å²) < 4.78 is 0. The van der Waals surface area contributed by atoms with Crippen LogP contribution in [0.15, 0.2) is 0 Å². The Labute approximate surface area is 105 Å². The lowest BCUT2D eigenvalue weighted by molar-refractivity contribution is 0.229. The molecule has 2 fully saturated rings. The van der Waals surface area contributed by atoms with E-state index in [1.807, 2.05) is 0 Å². The largest absolute Gasteiger partial charge is 0.338 e. The molecule has 98 valence electrons. The summed E-state index contributed by atoms with van der Waals surface area (Å²) in [6.45, 7) is 3.10. The number of carbonyl (C=O) groups is 1. The Balaban J connectivity index is 1.63. The molecule has 3 heteroatoms. The highest BCUT2D eigenvalue weighted by molar-refractivity contribution is 5.74. The summed E-state index contributed by atoms with van der Waals surface area (Å²) in [6, 6.07) is 0.476. The number of amides is 2. The second kappa shape index (κ2) is 5.74. The van der Waals surface area contributed by atoms with Crippen molar-refractivity contribution in [1.29, 1.82) is 0 Å². The van der Waals surface area contributed by atoms with Crippen LogP contribution in [0.2, 0.25) is 0 Å². The lowest BCUT2D eigenvalue weighted by Crippen LogP contribution is -2.44. The topological polar surface area (TPSA) is 41.1 Å². The molecule has 2 amide bonds. The second-order valence-electron chi connectivity index (χ2n) is 5.91. The summed E-state index contributed by atoms with van der Waals surface area (Å²) in [4.78, 5) is 11.8. The van der Waals surface area contributed by atoms with Gasteiger partial charge in [-0.1, -0.05) is 32.6 Å². The van der Waals surface area contributed by atoms with Crippen molar-refractivity contribution in [3.8, 4) is 0 Å². The van der Waals surface area contributed by atoms with E-state index in [1.54, 1.807) is 0 Å². The van der Waals surface area contributed by atoms with Gasteiger partial charge in [0, 0.05) is 12.6 Å². The summed E-state index contributed by atoms with van der Waals surface area (Å²) in [5.41, 5.74) is 0.457. The molecule has 0 radical (unpaired) electrons. The summed E-state index contributed by atoms with van der Waals surface area (Å²) in [5, 5.41) is 6.18. The molecule has 0 unspecified atom stereocenters. The van der Waals surface area contributed by atoms with E-state index in [1.165, 1.54) is 44.9 Å². The van der Waals surface area contributed by atoms with E-state index in [9.17, 15) is 4.79 Å². The first kappa shape index (κ1) is 12.7. The third kappa shape index (κ3) is 3.90. The van der Waals surface area contributed by atoms with Gasteiger partial charge in [0.2, 0.25) is 0 Å². The van der Waals surface area contributed by atoms with Crippen molar-refractivity contribution >= 4 is 6.03 Å². The highest BCUT2D eigenvalue weighted by atomic mass is 16.2. The van der Waals surface area contributed by atoms with Crippen LogP contribution >= 0.6 is 0 Å². The molecule has 0 atom stereocenters. The smallest absolute Gasteiger partial charge is 0.315 e. The van der Waals surface area contributed by atoms with E-state index in [2.05, 4.69) is 17.6 Å². The minimum atomic E-state index is 0.0549. The van der Waals surface area contributed by atoms with Crippen molar-refractivity contribution in [3.05, 3.63) is 0 Å². The van der Waals surface area contributed by atoms with Crippen molar-refractivity contribution in [3.63, 3.8) is 0 Å². The van der Waals surface area contributed by atoms with Gasteiger partial charge < -0.3 is 10.6 Å². The number of urea groups is 1. The Hall–Kier alpha value is -0.730. The average molecular weight is 238 g/mol. The summed E-state index contributed by atoms with van der Waals surface area (Å²) in [5.74, 6) is 0. The zero-order chi connectivity index (χ0) is 12.1. The lowest BCUT2D eigenvalue weighted by atomic mass is 9.96. The number of carbonyl (C=O) groups excluding carboxylic acids is 1. The Morgan fingerprint density at radius 2 is 1.94 bits per heavy atom. The maximum atomic E-state index is 11.8. The SMILES string of the molecule is CCCC1(CNC(=O)NC2CCCCC2)CC1. The standard InChI is InChI=1S/C14H26N2O/c1-2-8-14(9-10-14)11-15-13(17)16-12-6-4-3-5-7-12/h12H,2-11H2,1H3,(H2,15,16,17). The van der Waals surface area contributed by atoms with Gasteiger partial charge in [-0.3, -0.25) is 0 Å². The molecule has 0 aliphatic heterocycles. The van der Waals surface area contributed by atoms with Gasteiger partial charge in [0.25, 0.3) is 0 Å². The van der Waals surface area contributed by atoms with Crippen LogP contribution in [0.25, 0.3) is 0 Å². The first-order valence-corrected chi connectivity index (χ1v) is 7.28. The van der Waals surface area contributed by atoms with E-state index < -0.39 is 0 Å². The quantitative estimate of drug-likeness (QED) is 0.758. The molecule has 0 bridgehead atoms. The van der Waals surface area contributed by atoms with Crippen molar-refractivity contribution in [2.45, 2.75) is 70.8 Å². The van der Waals surface area contributed by atoms with Crippen molar-refractivity contribution in [1.82, 2.24) is 10.6 Å². The first-order valence-electron chi connectivity index (χ1n) is 7.28. The molecule has 0 spiro atoms. The summed E-state index contributed by atoms with van der Waals surface area (Å²) >= 11 is 0. The van der Waals surface area contributed by atoms with Gasteiger partial charge >= 0.3 is 6.03 Å². The van der Waals surface area contributed by atoms with Gasteiger partial charge in [0.05, 0.1) is 0 Å². The number of hydrogen-bond donors (Lipinski definition) is 2. The minimum Gasteiger partial charge on any atom is -0.338 e. The molecule has 2 aliphatic rings. The lowest BCUT2D eigenvalue weighted by Gasteiger charge is -2.23. The first-order chi connectivity index (χ1) is 8.24. The molecule has 0 aromatic carbocycles. The molecular weight excluding hydrogens is 212 g/mol. The van der Waals surface area contributed by atoms with Crippen molar-refractivity contribution in [2.75, 3.05) is 6.54 Å². The average Bonchev–Trinajstić information content (AvgIpc) is 3.09. The van der Waals surface area contributed by atoms with Gasteiger partial charge in [-0.05, 0) is 37.5 Å². The normalized spacial score (nSPS) is 23.1. The predicted octanol–water partition coefficient (Wildman–Crippen LogP) is 3.20. The zero-order valence-corrected chi connectivity index (χ0v) is 11.1. The van der Waals surface area contributed by atoms with Crippen molar-refractivity contribution < 1.29 is 4.79 Å². The summed E-state index contributed by atoms with van der Waals surface area (Å²) in [6.07, 6.45) is 11.3. The zero-order valence-electron chi connectivity index (χ0n) is 11.1. The number of nitrogens with one attached hydrogen (secondary N) is 2. The van der Waals surface area contributed by atoms with Gasteiger partial charge in [0.15, 0.2) is 0 Å². The third-order valence-corrected chi connectivity index (χ3v) is 4.30. The van der Waals surface area contributed by atoms with Crippen LogP contribution in [0.3, 0.4) is 0 Å². The Bertz CT molecular complexity index is 255. The van der Waals surface area contributed by atoms with Gasteiger partial charge in [-0.2, -0.15) is 0 Å². The van der Waals surface area contributed by atoms with E-state index >= 15 is 0 Å². The van der Waals surface area contributed by atoms with E-state index in [0.29, 0.717) is 11.5 Å². The number of rotatable bonds is 5. The molecule has 0 heterocycles. The molecule has 2 rings (SSSR count). The van der Waals surface area contributed by atoms with E-state index in [-0.39, 0.29) is 6.03 Å². The molecule has 0 saturated heterocycles. The van der Waals surface area contributed by atoms with E-state index in [0.717, 1.165) is 19.4 Å². The van der Waals surface area contributed by atoms with Gasteiger partial charge in [-0.15, -0.1) is 0 Å². The molecular formula is C14H26N2O. The van der Waals surface area contributed by atoms with Crippen LogP contribution in [0.5, 0.6) is 0 Å². The Morgan fingerprint density at radius 3 is 2.53 bits per heavy atom. The molecule has 17 heavy (non-hydrogen) atoms. The van der Waals surface area contributed by atoms with Crippen LogP contribution < -0.4 is 10.6 Å². The summed E-state index contributed by atoms with van der Waals surface area (Å²) in [7, 11) is 0. The molecule has 0 aromatic heterocycles. The fourth-order valence-electron chi connectivity index (χ4n) is 2.97. The molecule has 2 aliphatic carbocycles. The van der Waals surface area contributed by atoms with Crippen LogP contribution in [0, 0.1) is 5.41 Å². The minimum absolute atomic E-state index is 0.0549. The molecule has 2 saturated carbocycles. The van der Waals surface area contributed by atoms with Crippen molar-refractivity contribution in [2.24, 2.45) is 5.41 Å². The Kier molecular flexibility index (Phi) is 4.30. The monoisotopic (exact) mass is 238 g/mol. The molecule has 0 aromatic rings. The van der Waals surface area contributed by atoms with Gasteiger partial charge in [-0.25, -0.2) is 4.79 Å². The Morgan fingerprint density at radius 1 is 1.24 bits per heavy atom. The maximum absolute atomic E-state index is 11.8. The second-order valence-corrected chi connectivity index (χ2v) is 5.91. The fourth-order valence-corrected chi connectivity index (χ4v) is 2.97. The molecule has 3 nitrogen and oxygen atoms in total. The van der Waals surface area contributed by atoms with Crippen LogP contribution in [-0.2, 0) is 0 Å². The van der Waals surface area contributed by atoms with E-state index in [4.69, 9.17) is 0 Å². The van der Waals surface area contributed by atoms with Gasteiger partial charge in [0.1, 0.15) is 0 Å². The highest BCUT2D eigenvalue weighted by Crippen LogP contribution is 2.48. The highest BCUT2D eigenvalue weighted by Gasteiger charge is 2.41. The van der Waals surface area contributed by atoms with Crippen LogP contribution in [0.4, 0.5) is 4.79 Å². The van der Waals surface area contributed by atoms with Crippen LogP contribution in [-0.4, -0.2) is 18.6 Å². The number of hydrogen-bond acceptors (Lipinski definition) is 1.